The van der Waals surface area contributed by atoms with E-state index < -0.39 is 0 Å². The van der Waals surface area contributed by atoms with Crippen molar-refractivity contribution in [2.75, 3.05) is 0 Å². The molecule has 0 saturated heterocycles. The van der Waals surface area contributed by atoms with Crippen LogP contribution in [0.15, 0.2) is 124 Å². The van der Waals surface area contributed by atoms with Crippen LogP contribution in [0.3, 0.4) is 0 Å². The van der Waals surface area contributed by atoms with Crippen molar-refractivity contribution in [3.05, 3.63) is 131 Å². The SMILES string of the molecule is Brc1ccc2oc3ccc(-c4cccc(-c5cccc(CCCCCCc6ccccc6)c5)c4)cc3c2c1. The number of halogens is 1. The third kappa shape index (κ3) is 5.61. The molecule has 6 aromatic rings. The molecule has 0 atom stereocenters. The van der Waals surface area contributed by atoms with Crippen LogP contribution in [0.1, 0.15) is 36.8 Å². The largest absolute Gasteiger partial charge is 0.456 e. The summed E-state index contributed by atoms with van der Waals surface area (Å²) in [7, 11) is 0. The van der Waals surface area contributed by atoms with Crippen LogP contribution in [-0.4, -0.2) is 0 Å². The number of fused-ring (bicyclic) bond motifs is 3. The Bertz CT molecular complexity index is 1680. The second kappa shape index (κ2) is 11.4. The molecular formula is C36H31BrO. The number of aryl methyl sites for hydroxylation is 2. The maximum atomic E-state index is 6.06. The Balaban J connectivity index is 1.14. The van der Waals surface area contributed by atoms with Gasteiger partial charge in [0.05, 0.1) is 0 Å². The number of rotatable bonds is 9. The monoisotopic (exact) mass is 558 g/mol. The molecule has 0 aliphatic carbocycles. The average Bonchev–Trinajstić information content (AvgIpc) is 3.33. The molecule has 1 nitrogen and oxygen atoms in total. The summed E-state index contributed by atoms with van der Waals surface area (Å²) in [6.07, 6.45) is 7.42. The van der Waals surface area contributed by atoms with Gasteiger partial charge in [0.2, 0.25) is 0 Å². The van der Waals surface area contributed by atoms with Gasteiger partial charge < -0.3 is 4.42 Å². The highest BCUT2D eigenvalue weighted by molar-refractivity contribution is 9.10. The lowest BCUT2D eigenvalue weighted by molar-refractivity contribution is 0.640. The topological polar surface area (TPSA) is 13.1 Å². The van der Waals surface area contributed by atoms with E-state index in [1.54, 1.807) is 0 Å². The Kier molecular flexibility index (Phi) is 7.42. The van der Waals surface area contributed by atoms with E-state index in [0.717, 1.165) is 32.8 Å². The van der Waals surface area contributed by atoms with Gasteiger partial charge in [0.1, 0.15) is 11.2 Å². The molecule has 0 amide bonds. The zero-order chi connectivity index (χ0) is 25.7. The highest BCUT2D eigenvalue weighted by atomic mass is 79.9. The zero-order valence-corrected chi connectivity index (χ0v) is 23.1. The van der Waals surface area contributed by atoms with E-state index in [-0.39, 0.29) is 0 Å². The molecule has 5 aromatic carbocycles. The van der Waals surface area contributed by atoms with E-state index in [1.165, 1.54) is 65.5 Å². The first-order chi connectivity index (χ1) is 18.7. The first kappa shape index (κ1) is 24.7. The van der Waals surface area contributed by atoms with Gasteiger partial charge in [-0.1, -0.05) is 108 Å². The van der Waals surface area contributed by atoms with Gasteiger partial charge in [-0.25, -0.2) is 0 Å². The Morgan fingerprint density at radius 1 is 0.447 bits per heavy atom. The molecule has 2 heteroatoms. The summed E-state index contributed by atoms with van der Waals surface area (Å²) in [5.41, 5.74) is 9.68. The average molecular weight is 560 g/mol. The minimum absolute atomic E-state index is 0.919. The molecule has 0 unspecified atom stereocenters. The number of benzene rings is 5. The van der Waals surface area contributed by atoms with Gasteiger partial charge in [-0.2, -0.15) is 0 Å². The zero-order valence-electron chi connectivity index (χ0n) is 21.5. The number of hydrogen-bond donors (Lipinski definition) is 0. The highest BCUT2D eigenvalue weighted by Gasteiger charge is 2.10. The maximum Gasteiger partial charge on any atom is 0.135 e. The summed E-state index contributed by atoms with van der Waals surface area (Å²) in [6.45, 7) is 0. The number of furan rings is 1. The van der Waals surface area contributed by atoms with Crippen molar-refractivity contribution in [3.63, 3.8) is 0 Å². The van der Waals surface area contributed by atoms with E-state index in [4.69, 9.17) is 4.42 Å². The predicted molar refractivity (Wildman–Crippen MR) is 165 cm³/mol. The Hall–Kier alpha value is -3.62. The third-order valence-corrected chi connectivity index (χ3v) is 7.90. The van der Waals surface area contributed by atoms with Crippen molar-refractivity contribution in [1.29, 1.82) is 0 Å². The third-order valence-electron chi connectivity index (χ3n) is 7.41. The minimum atomic E-state index is 0.919. The Labute approximate surface area is 233 Å². The molecule has 0 radical (unpaired) electrons. The summed E-state index contributed by atoms with van der Waals surface area (Å²) in [4.78, 5) is 0. The van der Waals surface area contributed by atoms with Gasteiger partial charge in [-0.15, -0.1) is 0 Å². The first-order valence-electron chi connectivity index (χ1n) is 13.6. The second-order valence-corrected chi connectivity index (χ2v) is 11.1. The standard InChI is InChI=1S/C36H31BrO/c37-32-19-21-36-34(25-32)33-24-31(18-20-35(33)38-36)30-17-9-16-29(23-30)28-15-8-14-27(22-28)13-5-2-1-4-10-26-11-6-3-7-12-26/h3,6-9,11-12,14-25H,1-2,4-5,10,13H2. The number of hydrogen-bond acceptors (Lipinski definition) is 1. The van der Waals surface area contributed by atoms with Crippen molar-refractivity contribution < 1.29 is 4.42 Å². The van der Waals surface area contributed by atoms with Crippen molar-refractivity contribution in [3.8, 4) is 22.3 Å². The summed E-state index contributed by atoms with van der Waals surface area (Å²) < 4.78 is 7.12. The van der Waals surface area contributed by atoms with E-state index in [0.29, 0.717) is 0 Å². The molecule has 1 aromatic heterocycles. The molecule has 0 fully saturated rings. The Morgan fingerprint density at radius 2 is 1.03 bits per heavy atom. The lowest BCUT2D eigenvalue weighted by Crippen LogP contribution is -1.89. The van der Waals surface area contributed by atoms with E-state index in [1.807, 2.05) is 12.1 Å². The van der Waals surface area contributed by atoms with Gasteiger partial charge in [0.25, 0.3) is 0 Å². The molecule has 0 N–H and O–H groups in total. The van der Waals surface area contributed by atoms with Crippen molar-refractivity contribution in [2.45, 2.75) is 38.5 Å². The van der Waals surface area contributed by atoms with Crippen LogP contribution in [0.2, 0.25) is 0 Å². The van der Waals surface area contributed by atoms with Crippen molar-refractivity contribution >= 4 is 37.9 Å². The molecule has 38 heavy (non-hydrogen) atoms. The van der Waals surface area contributed by atoms with Gasteiger partial charge in [-0.05, 0) is 95.5 Å². The fourth-order valence-corrected chi connectivity index (χ4v) is 5.73. The van der Waals surface area contributed by atoms with Crippen LogP contribution >= 0.6 is 15.9 Å². The van der Waals surface area contributed by atoms with Crippen LogP contribution in [0.25, 0.3) is 44.2 Å². The molecule has 1 heterocycles. The molecule has 0 spiro atoms. The van der Waals surface area contributed by atoms with Crippen LogP contribution in [0, 0.1) is 0 Å². The fraction of sp³-hybridized carbons (Fsp3) is 0.167. The quantitative estimate of drug-likeness (QED) is 0.161. The van der Waals surface area contributed by atoms with Gasteiger partial charge in [0.15, 0.2) is 0 Å². The van der Waals surface area contributed by atoms with E-state index in [9.17, 15) is 0 Å². The van der Waals surface area contributed by atoms with Crippen LogP contribution < -0.4 is 0 Å². The van der Waals surface area contributed by atoms with Crippen molar-refractivity contribution in [1.82, 2.24) is 0 Å². The van der Waals surface area contributed by atoms with Crippen LogP contribution in [0.5, 0.6) is 0 Å². The number of unbranched alkanes of at least 4 members (excludes halogenated alkanes) is 3. The smallest absolute Gasteiger partial charge is 0.135 e. The predicted octanol–water partition coefficient (Wildman–Crippen LogP) is 11.0. The summed E-state index contributed by atoms with van der Waals surface area (Å²) in [6, 6.07) is 41.5. The molecule has 0 aliphatic rings. The molecule has 0 bridgehead atoms. The fourth-order valence-electron chi connectivity index (χ4n) is 5.37. The lowest BCUT2D eigenvalue weighted by Gasteiger charge is -2.09. The second-order valence-electron chi connectivity index (χ2n) is 10.1. The normalized spacial score (nSPS) is 11.4. The summed E-state index contributed by atoms with van der Waals surface area (Å²) in [5, 5.41) is 2.29. The molecule has 188 valence electrons. The van der Waals surface area contributed by atoms with Crippen molar-refractivity contribution in [2.24, 2.45) is 0 Å². The molecule has 0 aliphatic heterocycles. The highest BCUT2D eigenvalue weighted by Crippen LogP contribution is 2.35. The van der Waals surface area contributed by atoms with Crippen LogP contribution in [0.4, 0.5) is 0 Å². The summed E-state index contributed by atoms with van der Waals surface area (Å²) in [5.74, 6) is 0. The first-order valence-corrected chi connectivity index (χ1v) is 14.4. The van der Waals surface area contributed by atoms with Gasteiger partial charge >= 0.3 is 0 Å². The van der Waals surface area contributed by atoms with Gasteiger partial charge in [0, 0.05) is 15.2 Å². The summed E-state index contributed by atoms with van der Waals surface area (Å²) >= 11 is 3.60. The van der Waals surface area contributed by atoms with Crippen LogP contribution in [-0.2, 0) is 12.8 Å². The maximum absolute atomic E-state index is 6.06. The minimum Gasteiger partial charge on any atom is -0.456 e. The molecular weight excluding hydrogens is 528 g/mol. The molecule has 6 rings (SSSR count). The molecule has 0 saturated carbocycles. The van der Waals surface area contributed by atoms with E-state index in [2.05, 4.69) is 119 Å². The van der Waals surface area contributed by atoms with E-state index >= 15 is 0 Å². The van der Waals surface area contributed by atoms with Gasteiger partial charge in [-0.3, -0.25) is 0 Å². The Morgan fingerprint density at radius 3 is 1.79 bits per heavy atom. The lowest BCUT2D eigenvalue weighted by atomic mass is 9.96.